The Morgan fingerprint density at radius 2 is 1.62 bits per heavy atom. The van der Waals surface area contributed by atoms with Crippen molar-refractivity contribution in [2.24, 2.45) is 5.92 Å². The first-order valence-corrected chi connectivity index (χ1v) is 10.7. The van der Waals surface area contributed by atoms with E-state index in [4.69, 9.17) is 16.7 Å². The number of nitrogens with zero attached hydrogens (tertiary/aromatic N) is 4. The SMILES string of the molecule is Cc1ccc(-c2nc(Cl)cc(C(=O)N[C@H](C(=O)N3CCN(C(=O)O)CC3)C(C)C)n2)cc1. The number of rotatable bonds is 5. The molecule has 1 aromatic heterocycles. The molecule has 1 saturated heterocycles. The summed E-state index contributed by atoms with van der Waals surface area (Å²) in [6.07, 6.45) is -1.00. The lowest BCUT2D eigenvalue weighted by Gasteiger charge is -2.36. The van der Waals surface area contributed by atoms with E-state index in [-0.39, 0.29) is 48.9 Å². The van der Waals surface area contributed by atoms with Crippen molar-refractivity contribution in [2.75, 3.05) is 26.2 Å². The van der Waals surface area contributed by atoms with Crippen molar-refractivity contribution in [3.63, 3.8) is 0 Å². The van der Waals surface area contributed by atoms with Crippen LogP contribution in [-0.2, 0) is 4.79 Å². The third-order valence-electron chi connectivity index (χ3n) is 5.32. The van der Waals surface area contributed by atoms with Crippen LogP contribution in [0, 0.1) is 12.8 Å². The van der Waals surface area contributed by atoms with Crippen molar-refractivity contribution in [1.29, 1.82) is 0 Å². The van der Waals surface area contributed by atoms with Crippen LogP contribution < -0.4 is 5.32 Å². The number of carboxylic acid groups (broad SMARTS) is 1. The zero-order chi connectivity index (χ0) is 23.4. The first-order valence-electron chi connectivity index (χ1n) is 10.3. The van der Waals surface area contributed by atoms with Gasteiger partial charge in [-0.05, 0) is 12.8 Å². The number of hydrogen-bond donors (Lipinski definition) is 2. The smallest absolute Gasteiger partial charge is 0.407 e. The fourth-order valence-corrected chi connectivity index (χ4v) is 3.59. The van der Waals surface area contributed by atoms with Gasteiger partial charge >= 0.3 is 6.09 Å². The molecule has 0 aliphatic carbocycles. The summed E-state index contributed by atoms with van der Waals surface area (Å²) >= 11 is 6.14. The number of amides is 3. The molecule has 0 spiro atoms. The third kappa shape index (κ3) is 5.53. The van der Waals surface area contributed by atoms with E-state index in [1.807, 2.05) is 45.0 Å². The van der Waals surface area contributed by atoms with Crippen LogP contribution in [0.2, 0.25) is 5.15 Å². The summed E-state index contributed by atoms with van der Waals surface area (Å²) in [5.41, 5.74) is 1.87. The zero-order valence-corrected chi connectivity index (χ0v) is 19.0. The number of piperazine rings is 1. The maximum atomic E-state index is 13.1. The summed E-state index contributed by atoms with van der Waals surface area (Å²) in [6, 6.07) is 8.10. The Balaban J connectivity index is 1.75. The van der Waals surface area contributed by atoms with E-state index in [0.717, 1.165) is 11.1 Å². The highest BCUT2D eigenvalue weighted by molar-refractivity contribution is 6.29. The van der Waals surface area contributed by atoms with Gasteiger partial charge in [0.15, 0.2) is 5.82 Å². The summed E-state index contributed by atoms with van der Waals surface area (Å²) in [6.45, 7) is 6.67. The lowest BCUT2D eigenvalue weighted by atomic mass is 10.0. The normalized spacial score (nSPS) is 14.9. The van der Waals surface area contributed by atoms with Crippen molar-refractivity contribution in [3.05, 3.63) is 46.7 Å². The van der Waals surface area contributed by atoms with Crippen LogP contribution in [0.4, 0.5) is 4.79 Å². The molecule has 2 aromatic rings. The maximum Gasteiger partial charge on any atom is 0.407 e. The summed E-state index contributed by atoms with van der Waals surface area (Å²) < 4.78 is 0. The molecule has 32 heavy (non-hydrogen) atoms. The first-order chi connectivity index (χ1) is 15.2. The van der Waals surface area contributed by atoms with E-state index < -0.39 is 18.0 Å². The van der Waals surface area contributed by atoms with Crippen LogP contribution >= 0.6 is 11.6 Å². The molecule has 1 fully saturated rings. The molecular formula is C22H26ClN5O4. The van der Waals surface area contributed by atoms with Gasteiger partial charge in [-0.3, -0.25) is 9.59 Å². The maximum absolute atomic E-state index is 13.1. The van der Waals surface area contributed by atoms with Gasteiger partial charge in [0.05, 0.1) is 0 Å². The molecule has 2 heterocycles. The van der Waals surface area contributed by atoms with Crippen LogP contribution in [-0.4, -0.2) is 75.0 Å². The number of hydrogen-bond acceptors (Lipinski definition) is 5. The van der Waals surface area contributed by atoms with E-state index in [1.165, 1.54) is 11.0 Å². The molecule has 1 aliphatic rings. The Hall–Kier alpha value is -3.20. The lowest BCUT2D eigenvalue weighted by molar-refractivity contribution is -0.135. The van der Waals surface area contributed by atoms with Gasteiger partial charge in [0.2, 0.25) is 5.91 Å². The lowest BCUT2D eigenvalue weighted by Crippen LogP contribution is -2.57. The average molecular weight is 460 g/mol. The van der Waals surface area contributed by atoms with Gasteiger partial charge in [-0.2, -0.15) is 0 Å². The topological polar surface area (TPSA) is 116 Å². The van der Waals surface area contributed by atoms with Crippen molar-refractivity contribution in [1.82, 2.24) is 25.1 Å². The number of aromatic nitrogens is 2. The quantitative estimate of drug-likeness (QED) is 0.664. The van der Waals surface area contributed by atoms with Crippen molar-refractivity contribution in [2.45, 2.75) is 26.8 Å². The van der Waals surface area contributed by atoms with Gasteiger partial charge < -0.3 is 20.2 Å². The summed E-state index contributed by atoms with van der Waals surface area (Å²) in [7, 11) is 0. The summed E-state index contributed by atoms with van der Waals surface area (Å²) in [5, 5.41) is 12.0. The number of aryl methyl sites for hydroxylation is 1. The highest BCUT2D eigenvalue weighted by Crippen LogP contribution is 2.19. The van der Waals surface area contributed by atoms with Gasteiger partial charge in [-0.25, -0.2) is 14.8 Å². The second kappa shape index (κ2) is 9.95. The molecule has 0 saturated carbocycles. The van der Waals surface area contributed by atoms with Crippen LogP contribution in [0.1, 0.15) is 29.9 Å². The molecule has 3 rings (SSSR count). The molecule has 1 aliphatic heterocycles. The molecule has 170 valence electrons. The highest BCUT2D eigenvalue weighted by Gasteiger charge is 2.32. The zero-order valence-electron chi connectivity index (χ0n) is 18.2. The fourth-order valence-electron chi connectivity index (χ4n) is 3.41. The number of carbonyl (C=O) groups is 3. The minimum absolute atomic E-state index is 0.0646. The number of carbonyl (C=O) groups excluding carboxylic acids is 2. The molecule has 0 radical (unpaired) electrons. The Labute approximate surface area is 191 Å². The van der Waals surface area contributed by atoms with Gasteiger partial charge in [-0.1, -0.05) is 55.3 Å². The van der Waals surface area contributed by atoms with Crippen molar-refractivity contribution in [3.8, 4) is 11.4 Å². The third-order valence-corrected chi connectivity index (χ3v) is 5.51. The minimum atomic E-state index is -1.00. The van der Waals surface area contributed by atoms with Crippen LogP contribution in [0.25, 0.3) is 11.4 Å². The molecule has 10 heteroatoms. The fraction of sp³-hybridized carbons (Fsp3) is 0.409. The molecule has 0 bridgehead atoms. The van der Waals surface area contributed by atoms with Crippen LogP contribution in [0.3, 0.4) is 0 Å². The molecule has 2 N–H and O–H groups in total. The molecule has 9 nitrogen and oxygen atoms in total. The van der Waals surface area contributed by atoms with Crippen LogP contribution in [0.15, 0.2) is 30.3 Å². The molecule has 0 unspecified atom stereocenters. The first kappa shape index (κ1) is 23.5. The molecule has 1 atom stereocenters. The van der Waals surface area contributed by atoms with Gasteiger partial charge in [0.25, 0.3) is 5.91 Å². The minimum Gasteiger partial charge on any atom is -0.465 e. The number of halogens is 1. The Bertz CT molecular complexity index is 1000. The Kier molecular flexibility index (Phi) is 7.29. The molecular weight excluding hydrogens is 434 g/mol. The standard InChI is InChI=1S/C22H26ClN5O4/c1-13(2)18(21(30)27-8-10-28(11-9-27)22(31)32)26-20(29)16-12-17(23)25-19(24-16)15-6-4-14(3)5-7-15/h4-7,12-13,18H,8-11H2,1-3H3,(H,26,29)(H,31,32)/t18-/m0/s1. The van der Waals surface area contributed by atoms with E-state index in [2.05, 4.69) is 15.3 Å². The van der Waals surface area contributed by atoms with Gasteiger partial charge in [0.1, 0.15) is 16.9 Å². The van der Waals surface area contributed by atoms with E-state index in [9.17, 15) is 14.4 Å². The van der Waals surface area contributed by atoms with Crippen LogP contribution in [0.5, 0.6) is 0 Å². The molecule has 1 aromatic carbocycles. The number of nitrogens with one attached hydrogen (secondary N) is 1. The molecule has 3 amide bonds. The van der Waals surface area contributed by atoms with Crippen molar-refractivity contribution < 1.29 is 19.5 Å². The predicted molar refractivity (Wildman–Crippen MR) is 119 cm³/mol. The average Bonchev–Trinajstić information content (AvgIpc) is 2.76. The monoisotopic (exact) mass is 459 g/mol. The number of benzene rings is 1. The largest absolute Gasteiger partial charge is 0.465 e. The van der Waals surface area contributed by atoms with Gasteiger partial charge in [-0.15, -0.1) is 0 Å². The highest BCUT2D eigenvalue weighted by atomic mass is 35.5. The van der Waals surface area contributed by atoms with E-state index in [1.54, 1.807) is 4.90 Å². The Morgan fingerprint density at radius 1 is 1.03 bits per heavy atom. The second-order valence-electron chi connectivity index (χ2n) is 8.06. The van der Waals surface area contributed by atoms with E-state index >= 15 is 0 Å². The van der Waals surface area contributed by atoms with Gasteiger partial charge in [0, 0.05) is 37.8 Å². The summed E-state index contributed by atoms with van der Waals surface area (Å²) in [5.74, 6) is -0.645. The van der Waals surface area contributed by atoms with E-state index in [0.29, 0.717) is 5.82 Å². The summed E-state index contributed by atoms with van der Waals surface area (Å²) in [4.78, 5) is 48.5. The second-order valence-corrected chi connectivity index (χ2v) is 8.44. The Morgan fingerprint density at radius 3 is 2.19 bits per heavy atom. The predicted octanol–water partition coefficient (Wildman–Crippen LogP) is 2.68. The van der Waals surface area contributed by atoms with Crippen molar-refractivity contribution >= 4 is 29.5 Å².